The smallest absolute Gasteiger partial charge is 0.316 e. The predicted molar refractivity (Wildman–Crippen MR) is 106 cm³/mol. The highest BCUT2D eigenvalue weighted by atomic mass is 16.2. The minimum absolute atomic E-state index is 0.0576. The number of urea groups is 1. The lowest BCUT2D eigenvalue weighted by molar-refractivity contribution is 0.0951. The van der Waals surface area contributed by atoms with E-state index >= 15 is 0 Å². The predicted octanol–water partition coefficient (Wildman–Crippen LogP) is 3.32. The number of nitrogens with two attached hydrogens (primary N) is 1. The van der Waals surface area contributed by atoms with Crippen molar-refractivity contribution in [2.75, 3.05) is 5.32 Å². The number of carbonyl (C=O) groups is 3. The molecule has 28 heavy (non-hydrogen) atoms. The zero-order valence-electron chi connectivity index (χ0n) is 14.9. The maximum absolute atomic E-state index is 12.6. The summed E-state index contributed by atoms with van der Waals surface area (Å²) >= 11 is 0. The van der Waals surface area contributed by atoms with Crippen LogP contribution in [0.15, 0.2) is 66.7 Å². The molecule has 6 nitrogen and oxygen atoms in total. The molecule has 0 saturated carbocycles. The molecule has 0 unspecified atom stereocenters. The highest BCUT2D eigenvalue weighted by Crippen LogP contribution is 2.36. The molecule has 3 amide bonds. The minimum Gasteiger partial charge on any atom is -0.351 e. The number of primary amides is 1. The zero-order chi connectivity index (χ0) is 19.7. The summed E-state index contributed by atoms with van der Waals surface area (Å²) in [5.74, 6) is -0.316. The van der Waals surface area contributed by atoms with Crippen molar-refractivity contribution in [2.24, 2.45) is 5.73 Å². The fourth-order valence-corrected chi connectivity index (χ4v) is 3.30. The second-order valence-electron chi connectivity index (χ2n) is 6.50. The van der Waals surface area contributed by atoms with E-state index in [1.165, 1.54) is 0 Å². The first-order chi connectivity index (χ1) is 13.5. The second kappa shape index (κ2) is 7.00. The highest BCUT2D eigenvalue weighted by molar-refractivity contribution is 6.22. The SMILES string of the molecule is NC(=O)Nc1ccc(CNC(=O)c2ccc3c(c2)C(=O)c2ccccc2-3)cc1. The van der Waals surface area contributed by atoms with Gasteiger partial charge in [-0.3, -0.25) is 9.59 Å². The van der Waals surface area contributed by atoms with E-state index < -0.39 is 6.03 Å². The molecule has 4 N–H and O–H groups in total. The van der Waals surface area contributed by atoms with Crippen LogP contribution in [0, 0.1) is 0 Å². The Hall–Kier alpha value is -3.93. The molecule has 0 saturated heterocycles. The standard InChI is InChI=1S/C22H17N3O3/c23-22(28)25-15-8-5-13(6-9-15)12-24-21(27)14-7-10-17-16-3-1-2-4-18(16)20(26)19(17)11-14/h1-11H,12H2,(H,24,27)(H3,23,25,28). The average molecular weight is 371 g/mol. The number of hydrogen-bond donors (Lipinski definition) is 3. The van der Waals surface area contributed by atoms with E-state index in [-0.39, 0.29) is 11.7 Å². The molecular formula is C22H17N3O3. The Labute approximate surface area is 161 Å². The monoisotopic (exact) mass is 371 g/mol. The molecule has 0 spiro atoms. The van der Waals surface area contributed by atoms with Gasteiger partial charge >= 0.3 is 6.03 Å². The average Bonchev–Trinajstić information content (AvgIpc) is 2.99. The van der Waals surface area contributed by atoms with Crippen LogP contribution in [0.25, 0.3) is 11.1 Å². The van der Waals surface area contributed by atoms with Crippen LogP contribution in [0.5, 0.6) is 0 Å². The van der Waals surface area contributed by atoms with Gasteiger partial charge in [0.25, 0.3) is 5.91 Å². The van der Waals surface area contributed by atoms with Gasteiger partial charge in [0, 0.05) is 28.9 Å². The zero-order valence-corrected chi connectivity index (χ0v) is 14.9. The van der Waals surface area contributed by atoms with Crippen LogP contribution in [0.1, 0.15) is 31.8 Å². The number of fused-ring (bicyclic) bond motifs is 3. The number of hydrogen-bond acceptors (Lipinski definition) is 3. The quantitative estimate of drug-likeness (QED) is 0.513. The molecule has 138 valence electrons. The van der Waals surface area contributed by atoms with Gasteiger partial charge in [-0.25, -0.2) is 4.79 Å². The van der Waals surface area contributed by atoms with E-state index in [2.05, 4.69) is 10.6 Å². The van der Waals surface area contributed by atoms with Gasteiger partial charge < -0.3 is 16.4 Å². The molecule has 0 heterocycles. The summed E-state index contributed by atoms with van der Waals surface area (Å²) in [7, 11) is 0. The Morgan fingerprint density at radius 3 is 2.21 bits per heavy atom. The molecule has 1 aliphatic carbocycles. The first-order valence-corrected chi connectivity index (χ1v) is 8.74. The molecule has 3 aromatic rings. The lowest BCUT2D eigenvalue weighted by atomic mass is 10.0. The minimum atomic E-state index is -0.630. The van der Waals surface area contributed by atoms with Crippen LogP contribution < -0.4 is 16.4 Å². The number of rotatable bonds is 4. The summed E-state index contributed by atoms with van der Waals surface area (Å²) in [5.41, 5.74) is 9.94. The highest BCUT2D eigenvalue weighted by Gasteiger charge is 2.26. The summed E-state index contributed by atoms with van der Waals surface area (Å²) in [6, 6.07) is 19.0. The second-order valence-corrected chi connectivity index (χ2v) is 6.50. The molecule has 1 aliphatic rings. The molecule has 0 radical (unpaired) electrons. The summed E-state index contributed by atoms with van der Waals surface area (Å²) in [6.45, 7) is 0.320. The molecule has 0 aliphatic heterocycles. The van der Waals surface area contributed by atoms with E-state index in [1.807, 2.05) is 24.3 Å². The summed E-state index contributed by atoms with van der Waals surface area (Å²) in [4.78, 5) is 35.9. The first kappa shape index (κ1) is 17.5. The third kappa shape index (κ3) is 3.23. The fraction of sp³-hybridized carbons (Fsp3) is 0.0455. The van der Waals surface area contributed by atoms with E-state index in [9.17, 15) is 14.4 Å². The topological polar surface area (TPSA) is 101 Å². The van der Waals surface area contributed by atoms with E-state index in [1.54, 1.807) is 42.5 Å². The molecule has 6 heteroatoms. The Bertz CT molecular complexity index is 1100. The van der Waals surface area contributed by atoms with Gasteiger partial charge in [0.1, 0.15) is 0 Å². The van der Waals surface area contributed by atoms with Gasteiger partial charge in [-0.05, 0) is 41.0 Å². The lowest BCUT2D eigenvalue weighted by Gasteiger charge is -2.08. The number of nitrogens with one attached hydrogen (secondary N) is 2. The van der Waals surface area contributed by atoms with Gasteiger partial charge in [-0.1, -0.05) is 42.5 Å². The van der Waals surface area contributed by atoms with Crippen molar-refractivity contribution in [3.05, 3.63) is 89.0 Å². The number of benzene rings is 3. The van der Waals surface area contributed by atoms with Crippen LogP contribution in [-0.4, -0.2) is 17.7 Å². The third-order valence-electron chi connectivity index (χ3n) is 4.66. The van der Waals surface area contributed by atoms with Crippen molar-refractivity contribution in [3.8, 4) is 11.1 Å². The number of carbonyl (C=O) groups excluding carboxylic acids is 3. The Morgan fingerprint density at radius 2 is 1.50 bits per heavy atom. The van der Waals surface area contributed by atoms with E-state index in [0.29, 0.717) is 28.9 Å². The summed E-state index contributed by atoms with van der Waals surface area (Å²) < 4.78 is 0. The van der Waals surface area contributed by atoms with Crippen LogP contribution in [0.3, 0.4) is 0 Å². The van der Waals surface area contributed by atoms with Gasteiger partial charge in [0.05, 0.1) is 0 Å². The van der Waals surface area contributed by atoms with Gasteiger partial charge in [-0.15, -0.1) is 0 Å². The molecule has 0 bridgehead atoms. The number of ketones is 1. The Morgan fingerprint density at radius 1 is 0.821 bits per heavy atom. The largest absolute Gasteiger partial charge is 0.351 e. The van der Waals surface area contributed by atoms with Crippen LogP contribution >= 0.6 is 0 Å². The van der Waals surface area contributed by atoms with Crippen LogP contribution in [0.2, 0.25) is 0 Å². The molecule has 0 atom stereocenters. The van der Waals surface area contributed by atoms with Crippen molar-refractivity contribution < 1.29 is 14.4 Å². The van der Waals surface area contributed by atoms with E-state index in [0.717, 1.165) is 16.7 Å². The molecular weight excluding hydrogens is 354 g/mol. The van der Waals surface area contributed by atoms with E-state index in [4.69, 9.17) is 5.73 Å². The lowest BCUT2D eigenvalue weighted by Crippen LogP contribution is -2.23. The van der Waals surface area contributed by atoms with Crippen molar-refractivity contribution in [1.82, 2.24) is 5.32 Å². The maximum Gasteiger partial charge on any atom is 0.316 e. The maximum atomic E-state index is 12.6. The van der Waals surface area contributed by atoms with Crippen molar-refractivity contribution in [1.29, 1.82) is 0 Å². The van der Waals surface area contributed by atoms with Crippen molar-refractivity contribution in [2.45, 2.75) is 6.54 Å². The number of anilines is 1. The fourth-order valence-electron chi connectivity index (χ4n) is 3.30. The molecule has 0 aromatic heterocycles. The van der Waals surface area contributed by atoms with Gasteiger partial charge in [-0.2, -0.15) is 0 Å². The molecule has 3 aromatic carbocycles. The van der Waals surface area contributed by atoms with Crippen molar-refractivity contribution >= 4 is 23.4 Å². The summed E-state index contributed by atoms with van der Waals surface area (Å²) in [5, 5.41) is 5.32. The normalized spacial score (nSPS) is 11.5. The molecule has 4 rings (SSSR count). The van der Waals surface area contributed by atoms with Crippen LogP contribution in [-0.2, 0) is 6.54 Å². The first-order valence-electron chi connectivity index (χ1n) is 8.74. The third-order valence-corrected chi connectivity index (χ3v) is 4.66. The Kier molecular flexibility index (Phi) is 4.37. The molecule has 0 fully saturated rings. The number of amides is 3. The van der Waals surface area contributed by atoms with Gasteiger partial charge in [0.2, 0.25) is 0 Å². The summed E-state index contributed by atoms with van der Waals surface area (Å²) in [6.07, 6.45) is 0. The van der Waals surface area contributed by atoms with Crippen LogP contribution in [0.4, 0.5) is 10.5 Å². The van der Waals surface area contributed by atoms with Crippen molar-refractivity contribution in [3.63, 3.8) is 0 Å². The van der Waals surface area contributed by atoms with Gasteiger partial charge in [0.15, 0.2) is 5.78 Å². The Balaban J connectivity index is 1.46.